The molecule has 1 fully saturated rings. The van der Waals surface area contributed by atoms with Gasteiger partial charge in [-0.1, -0.05) is 15.9 Å². The summed E-state index contributed by atoms with van der Waals surface area (Å²) in [5.41, 5.74) is 2.69. The van der Waals surface area contributed by atoms with E-state index in [0.717, 1.165) is 49.6 Å². The summed E-state index contributed by atoms with van der Waals surface area (Å²) >= 11 is 4.95. The van der Waals surface area contributed by atoms with Gasteiger partial charge in [-0.3, -0.25) is 9.69 Å². The number of fused-ring (bicyclic) bond motifs is 1. The molecular weight excluding hydrogens is 519 g/mol. The fourth-order valence-corrected chi connectivity index (χ4v) is 5.70. The second-order valence-electron chi connectivity index (χ2n) is 8.33. The Morgan fingerprint density at radius 3 is 2.56 bits per heavy atom. The molecule has 34 heavy (non-hydrogen) atoms. The number of benzene rings is 2. The van der Waals surface area contributed by atoms with Crippen molar-refractivity contribution in [1.29, 1.82) is 0 Å². The van der Waals surface area contributed by atoms with Crippen LogP contribution in [0.4, 0.5) is 4.39 Å². The zero-order valence-corrected chi connectivity index (χ0v) is 21.3. The van der Waals surface area contributed by atoms with E-state index in [1.807, 2.05) is 46.8 Å². The Bertz CT molecular complexity index is 1340. The molecule has 1 amide bonds. The van der Waals surface area contributed by atoms with Gasteiger partial charge in [0.05, 0.1) is 23.4 Å². The highest BCUT2D eigenvalue weighted by Gasteiger charge is 2.25. The van der Waals surface area contributed by atoms with Crippen molar-refractivity contribution in [2.24, 2.45) is 0 Å². The molecule has 1 saturated heterocycles. The number of carbonyl (C=O) groups is 1. The molecule has 0 N–H and O–H groups in total. The van der Waals surface area contributed by atoms with Gasteiger partial charge < -0.3 is 9.64 Å². The third-order valence-corrected chi connectivity index (χ3v) is 7.75. The van der Waals surface area contributed by atoms with E-state index < -0.39 is 0 Å². The maximum Gasteiger partial charge on any atom is 0.264 e. The molecule has 0 unspecified atom stereocenters. The van der Waals surface area contributed by atoms with Crippen LogP contribution >= 0.6 is 27.3 Å². The minimum Gasteiger partial charge on any atom is -0.496 e. The Balaban J connectivity index is 1.29. The molecule has 9 heteroatoms. The number of ether oxygens (including phenoxy) is 1. The zero-order valence-electron chi connectivity index (χ0n) is 18.9. The summed E-state index contributed by atoms with van der Waals surface area (Å²) < 4.78 is 22.0. The van der Waals surface area contributed by atoms with E-state index in [1.165, 1.54) is 23.5 Å². The molecule has 0 bridgehead atoms. The monoisotopic (exact) mass is 542 g/mol. The van der Waals surface area contributed by atoms with Gasteiger partial charge in [-0.05, 0) is 55.5 Å². The summed E-state index contributed by atoms with van der Waals surface area (Å²) in [7, 11) is 1.59. The molecule has 2 aromatic heterocycles. The zero-order chi connectivity index (χ0) is 23.8. The molecule has 1 aliphatic heterocycles. The molecule has 4 aromatic rings. The molecule has 0 saturated carbocycles. The molecule has 3 heterocycles. The Morgan fingerprint density at radius 2 is 1.85 bits per heavy atom. The number of rotatable bonds is 5. The Labute approximate surface area is 209 Å². The van der Waals surface area contributed by atoms with Crippen LogP contribution in [0.15, 0.2) is 53.0 Å². The Hall–Kier alpha value is -2.75. The van der Waals surface area contributed by atoms with Crippen LogP contribution in [-0.2, 0) is 6.54 Å². The third kappa shape index (κ3) is 4.47. The van der Waals surface area contributed by atoms with Crippen LogP contribution in [0, 0.1) is 12.7 Å². The van der Waals surface area contributed by atoms with Crippen molar-refractivity contribution in [3.63, 3.8) is 0 Å². The van der Waals surface area contributed by atoms with Gasteiger partial charge in [-0.2, -0.15) is 5.10 Å². The fourth-order valence-electron chi connectivity index (χ4n) is 4.29. The number of hydrogen-bond acceptors (Lipinski definition) is 5. The number of thiophene rings is 1. The van der Waals surface area contributed by atoms with Crippen molar-refractivity contribution in [3.8, 4) is 11.4 Å². The third-order valence-electron chi connectivity index (χ3n) is 6.12. The number of hydrogen-bond donors (Lipinski definition) is 0. The number of aryl methyl sites for hydroxylation is 1. The van der Waals surface area contributed by atoms with Gasteiger partial charge in [-0.15, -0.1) is 11.3 Å². The van der Waals surface area contributed by atoms with Gasteiger partial charge in [0, 0.05) is 48.1 Å². The first-order valence-corrected chi connectivity index (χ1v) is 12.6. The lowest BCUT2D eigenvalue weighted by Crippen LogP contribution is -2.48. The maximum atomic E-state index is 13.7. The van der Waals surface area contributed by atoms with Crippen LogP contribution in [0.1, 0.15) is 20.9 Å². The molecule has 0 radical (unpaired) electrons. The molecule has 0 atom stereocenters. The van der Waals surface area contributed by atoms with Gasteiger partial charge in [-0.25, -0.2) is 9.07 Å². The summed E-state index contributed by atoms with van der Waals surface area (Å²) in [4.78, 5) is 19.1. The molecule has 1 aliphatic rings. The van der Waals surface area contributed by atoms with Gasteiger partial charge in [0.1, 0.15) is 16.4 Å². The normalized spacial score (nSPS) is 14.6. The lowest BCUT2D eigenvalue weighted by molar-refractivity contribution is 0.0632. The first-order chi connectivity index (χ1) is 16.4. The van der Waals surface area contributed by atoms with Crippen molar-refractivity contribution in [2.45, 2.75) is 13.5 Å². The molecule has 6 nitrogen and oxygen atoms in total. The van der Waals surface area contributed by atoms with E-state index in [9.17, 15) is 9.18 Å². The highest BCUT2D eigenvalue weighted by Crippen LogP contribution is 2.32. The van der Waals surface area contributed by atoms with Gasteiger partial charge in [0.15, 0.2) is 0 Å². The SMILES string of the molecule is COc1ccc(F)cc1CN1CCN(C(=O)c2cc3c(C)nn(-c4ccc(Br)cc4)c3s2)CC1. The average molecular weight is 543 g/mol. The number of aromatic nitrogens is 2. The minimum absolute atomic E-state index is 0.0472. The van der Waals surface area contributed by atoms with Crippen LogP contribution in [0.25, 0.3) is 15.9 Å². The van der Waals surface area contributed by atoms with E-state index in [4.69, 9.17) is 4.74 Å². The van der Waals surface area contributed by atoms with Crippen molar-refractivity contribution in [2.75, 3.05) is 33.3 Å². The van der Waals surface area contributed by atoms with Crippen LogP contribution in [0.5, 0.6) is 5.75 Å². The summed E-state index contributed by atoms with van der Waals surface area (Å²) in [6.45, 7) is 5.27. The first kappa shape index (κ1) is 23.0. The summed E-state index contributed by atoms with van der Waals surface area (Å²) in [6, 6.07) is 14.5. The standard InChI is InChI=1S/C25H24BrFN4O2S/c1-16-21-14-23(34-25(21)31(28-16)20-6-3-18(26)4-7-20)24(32)30-11-9-29(10-12-30)15-17-13-19(27)5-8-22(17)33-2/h3-8,13-14H,9-12,15H2,1-2H3. The number of amides is 1. The van der Waals surface area contributed by atoms with Gasteiger partial charge >= 0.3 is 0 Å². The smallest absolute Gasteiger partial charge is 0.264 e. The van der Waals surface area contributed by atoms with Crippen LogP contribution < -0.4 is 4.74 Å². The number of halogens is 2. The lowest BCUT2D eigenvalue weighted by atomic mass is 10.1. The topological polar surface area (TPSA) is 50.6 Å². The van der Waals surface area contributed by atoms with E-state index in [0.29, 0.717) is 25.4 Å². The minimum atomic E-state index is -0.272. The summed E-state index contributed by atoms with van der Waals surface area (Å²) in [6.07, 6.45) is 0. The van der Waals surface area contributed by atoms with E-state index in [-0.39, 0.29) is 11.7 Å². The maximum absolute atomic E-state index is 13.7. The number of piperazine rings is 1. The second-order valence-corrected chi connectivity index (χ2v) is 10.3. The summed E-state index contributed by atoms with van der Waals surface area (Å²) in [5, 5.41) is 5.68. The average Bonchev–Trinajstić information content (AvgIpc) is 3.40. The highest BCUT2D eigenvalue weighted by atomic mass is 79.9. The number of methoxy groups -OCH3 is 1. The predicted octanol–water partition coefficient (Wildman–Crippen LogP) is 5.26. The fraction of sp³-hybridized carbons (Fsp3) is 0.280. The molecular formula is C25H24BrFN4O2S. The summed E-state index contributed by atoms with van der Waals surface area (Å²) in [5.74, 6) is 0.456. The predicted molar refractivity (Wildman–Crippen MR) is 136 cm³/mol. The second kappa shape index (κ2) is 9.48. The molecule has 2 aromatic carbocycles. The van der Waals surface area contributed by atoms with Crippen LogP contribution in [-0.4, -0.2) is 58.8 Å². The Kier molecular flexibility index (Phi) is 6.42. The van der Waals surface area contributed by atoms with E-state index in [1.54, 1.807) is 13.2 Å². The molecule has 0 spiro atoms. The van der Waals surface area contributed by atoms with Crippen molar-refractivity contribution < 1.29 is 13.9 Å². The number of carbonyl (C=O) groups excluding carboxylic acids is 1. The van der Waals surface area contributed by atoms with Crippen LogP contribution in [0.2, 0.25) is 0 Å². The number of nitrogens with zero attached hydrogens (tertiary/aromatic N) is 4. The molecule has 176 valence electrons. The molecule has 5 rings (SSSR count). The van der Waals surface area contributed by atoms with E-state index >= 15 is 0 Å². The first-order valence-electron chi connectivity index (χ1n) is 11.0. The van der Waals surface area contributed by atoms with Crippen molar-refractivity contribution in [3.05, 3.63) is 75.0 Å². The molecule has 0 aliphatic carbocycles. The lowest BCUT2D eigenvalue weighted by Gasteiger charge is -2.34. The van der Waals surface area contributed by atoms with Crippen molar-refractivity contribution >= 4 is 43.4 Å². The quantitative estimate of drug-likeness (QED) is 0.345. The van der Waals surface area contributed by atoms with Crippen LogP contribution in [0.3, 0.4) is 0 Å². The van der Waals surface area contributed by atoms with E-state index in [2.05, 4.69) is 25.9 Å². The van der Waals surface area contributed by atoms with Gasteiger partial charge in [0.2, 0.25) is 0 Å². The largest absolute Gasteiger partial charge is 0.496 e. The van der Waals surface area contributed by atoms with Gasteiger partial charge in [0.25, 0.3) is 5.91 Å². The highest BCUT2D eigenvalue weighted by molar-refractivity contribution is 9.10. The van der Waals surface area contributed by atoms with Crippen molar-refractivity contribution in [1.82, 2.24) is 19.6 Å². The Morgan fingerprint density at radius 1 is 1.12 bits per heavy atom.